The van der Waals surface area contributed by atoms with Gasteiger partial charge in [0.1, 0.15) is 22.9 Å². The molecule has 0 unspecified atom stereocenters. The van der Waals surface area contributed by atoms with Gasteiger partial charge in [0, 0.05) is 31.5 Å². The summed E-state index contributed by atoms with van der Waals surface area (Å²) in [7, 11) is -5.50. The van der Waals surface area contributed by atoms with E-state index >= 15 is 0 Å². The van der Waals surface area contributed by atoms with Gasteiger partial charge in [-0.15, -0.1) is 0 Å². The minimum atomic E-state index is -3.73. The highest BCUT2D eigenvalue weighted by Crippen LogP contribution is 2.49. The number of carbonyl (C=O) groups excluding carboxylic acids is 1. The summed E-state index contributed by atoms with van der Waals surface area (Å²) in [4.78, 5) is 12.4. The third-order valence-electron chi connectivity index (χ3n) is 7.12. The number of rotatable bonds is 13. The third-order valence-corrected chi connectivity index (χ3v) is 9.03. The molecule has 1 saturated carbocycles. The zero-order valence-corrected chi connectivity index (χ0v) is 26.6. The fraction of sp³-hybridized carbons (Fsp3) is 0.323. The van der Waals surface area contributed by atoms with Gasteiger partial charge in [0.2, 0.25) is 10.0 Å². The first-order chi connectivity index (χ1) is 21.3. The molecule has 4 aromatic rings. The van der Waals surface area contributed by atoms with Crippen LogP contribution in [0, 0.1) is 5.82 Å². The number of furan rings is 1. The average molecular weight is 660 g/mol. The number of sulfonamides is 1. The van der Waals surface area contributed by atoms with Crippen LogP contribution >= 0.6 is 0 Å². The van der Waals surface area contributed by atoms with Crippen LogP contribution in [0.5, 0.6) is 17.2 Å². The van der Waals surface area contributed by atoms with Crippen molar-refractivity contribution < 1.29 is 39.9 Å². The molecule has 1 amide bonds. The van der Waals surface area contributed by atoms with Crippen LogP contribution in [-0.4, -0.2) is 61.5 Å². The topological polar surface area (TPSA) is 144 Å². The van der Waals surface area contributed by atoms with Crippen LogP contribution in [0.15, 0.2) is 65.1 Å². The second kappa shape index (κ2) is 13.1. The van der Waals surface area contributed by atoms with Crippen LogP contribution in [0.4, 0.5) is 14.9 Å². The fourth-order valence-electron chi connectivity index (χ4n) is 4.88. The number of amides is 1. The molecule has 1 aliphatic carbocycles. The number of sulfone groups is 1. The minimum absolute atomic E-state index is 0.117. The highest BCUT2D eigenvalue weighted by Gasteiger charge is 2.33. The van der Waals surface area contributed by atoms with Gasteiger partial charge in [0.25, 0.3) is 0 Å². The molecule has 3 aromatic carbocycles. The first-order valence-electron chi connectivity index (χ1n) is 14.2. The number of carbonyl (C=O) groups is 1. The molecule has 45 heavy (non-hydrogen) atoms. The fourth-order valence-corrected chi connectivity index (χ4v) is 6.37. The predicted molar refractivity (Wildman–Crippen MR) is 170 cm³/mol. The molecule has 14 heteroatoms. The van der Waals surface area contributed by atoms with E-state index < -0.39 is 26.0 Å². The lowest BCUT2D eigenvalue weighted by Crippen LogP contribution is -2.34. The van der Waals surface area contributed by atoms with E-state index in [1.807, 2.05) is 6.07 Å². The molecule has 1 aromatic heterocycles. The summed E-state index contributed by atoms with van der Waals surface area (Å²) in [5.41, 5.74) is 2.14. The first-order valence-corrected chi connectivity index (χ1v) is 18.1. The molecule has 2 N–H and O–H groups in total. The van der Waals surface area contributed by atoms with Crippen LogP contribution in [0.1, 0.15) is 30.7 Å². The molecular formula is C31H34FN3O8S2. The molecule has 1 heterocycles. The van der Waals surface area contributed by atoms with E-state index in [2.05, 4.69) is 10.6 Å². The molecule has 1 fully saturated rings. The number of anilines is 1. The van der Waals surface area contributed by atoms with Crippen molar-refractivity contribution in [1.29, 1.82) is 0 Å². The van der Waals surface area contributed by atoms with Gasteiger partial charge in [-0.1, -0.05) is 0 Å². The third kappa shape index (κ3) is 8.12. The van der Waals surface area contributed by atoms with E-state index in [1.54, 1.807) is 30.3 Å². The summed E-state index contributed by atoms with van der Waals surface area (Å²) in [6.07, 6.45) is 3.66. The van der Waals surface area contributed by atoms with Gasteiger partial charge in [-0.3, -0.25) is 4.31 Å². The Labute approximate surface area is 261 Å². The number of nitrogens with one attached hydrogen (secondary N) is 2. The van der Waals surface area contributed by atoms with Crippen molar-refractivity contribution in [2.75, 3.05) is 42.8 Å². The lowest BCUT2D eigenvalue weighted by Gasteiger charge is -2.25. The lowest BCUT2D eigenvalue weighted by atomic mass is 10.0. The molecule has 240 valence electrons. The molecular weight excluding hydrogens is 625 g/mol. The predicted octanol–water partition coefficient (Wildman–Crippen LogP) is 5.37. The van der Waals surface area contributed by atoms with Gasteiger partial charge in [-0.25, -0.2) is 26.0 Å². The highest BCUT2D eigenvalue weighted by atomic mass is 32.2. The first kappa shape index (κ1) is 32.3. The molecule has 0 bridgehead atoms. The Kier molecular flexibility index (Phi) is 9.37. The Bertz CT molecular complexity index is 1900. The molecule has 0 atom stereocenters. The Morgan fingerprint density at radius 1 is 1.00 bits per heavy atom. The van der Waals surface area contributed by atoms with Crippen molar-refractivity contribution in [3.05, 3.63) is 72.0 Å². The number of hydrogen-bond donors (Lipinski definition) is 2. The zero-order valence-electron chi connectivity index (χ0n) is 25.0. The maximum Gasteiger partial charge on any atom is 0.412 e. The number of nitrogens with zero attached hydrogens (tertiary/aromatic N) is 1. The summed E-state index contributed by atoms with van der Waals surface area (Å²) < 4.78 is 81.2. The largest absolute Gasteiger partial charge is 0.457 e. The van der Waals surface area contributed by atoms with Gasteiger partial charge in [-0.05, 0) is 91.9 Å². The lowest BCUT2D eigenvalue weighted by molar-refractivity contribution is 0.203. The highest BCUT2D eigenvalue weighted by molar-refractivity contribution is 7.92. The zero-order chi connectivity index (χ0) is 32.4. The summed E-state index contributed by atoms with van der Waals surface area (Å²) in [5.74, 6) is 0.930. The van der Waals surface area contributed by atoms with E-state index in [0.29, 0.717) is 46.7 Å². The molecule has 1 aliphatic rings. The Morgan fingerprint density at radius 3 is 2.22 bits per heavy atom. The van der Waals surface area contributed by atoms with Gasteiger partial charge in [-0.2, -0.15) is 0 Å². The maximum absolute atomic E-state index is 13.3. The Hall–Kier alpha value is -4.14. The second-order valence-electron chi connectivity index (χ2n) is 10.9. The van der Waals surface area contributed by atoms with E-state index in [9.17, 15) is 26.0 Å². The van der Waals surface area contributed by atoms with Crippen molar-refractivity contribution in [2.24, 2.45) is 0 Å². The van der Waals surface area contributed by atoms with Crippen LogP contribution in [0.25, 0.3) is 22.3 Å². The Morgan fingerprint density at radius 2 is 1.64 bits per heavy atom. The number of hydrogen-bond acceptors (Lipinski definition) is 9. The molecule has 0 aliphatic heterocycles. The van der Waals surface area contributed by atoms with E-state index in [1.165, 1.54) is 35.6 Å². The number of ether oxygens (including phenoxy) is 2. The normalized spacial score (nSPS) is 13.5. The number of fused-ring (bicyclic) bond motifs is 1. The summed E-state index contributed by atoms with van der Waals surface area (Å²) in [6, 6.07) is 15.9. The average Bonchev–Trinajstić information content (AvgIpc) is 3.77. The standard InChI is InChI=1S/C31H34FN3O8S2/c1-33-31(36)43-30-26-17-25(20-5-6-20)27(35(45(3,39)40)16-4-15-34-19-44(2,37)38)18-28(26)42-29(30)21-7-11-23(12-8-21)41-24-13-9-22(32)10-14-24/h7-14,17-18,20,34H,4-6,15-16,19H2,1-3H3,(H,33,36). The van der Waals surface area contributed by atoms with Gasteiger partial charge >= 0.3 is 6.09 Å². The molecule has 5 rings (SSSR count). The van der Waals surface area contributed by atoms with Crippen LogP contribution < -0.4 is 24.4 Å². The van der Waals surface area contributed by atoms with Gasteiger partial charge in [0.05, 0.1) is 23.2 Å². The summed E-state index contributed by atoms with van der Waals surface area (Å²) in [6.45, 7) is 0.418. The molecule has 0 saturated heterocycles. The second-order valence-corrected chi connectivity index (χ2v) is 15.0. The van der Waals surface area contributed by atoms with Crippen LogP contribution in [0.3, 0.4) is 0 Å². The van der Waals surface area contributed by atoms with Crippen molar-refractivity contribution in [2.45, 2.75) is 25.2 Å². The molecule has 0 radical (unpaired) electrons. The van der Waals surface area contributed by atoms with Crippen molar-refractivity contribution in [1.82, 2.24) is 10.6 Å². The van der Waals surface area contributed by atoms with E-state index in [-0.39, 0.29) is 35.7 Å². The van der Waals surface area contributed by atoms with Crippen molar-refractivity contribution in [3.8, 4) is 28.6 Å². The number of benzene rings is 3. The van der Waals surface area contributed by atoms with Crippen molar-refractivity contribution >= 4 is 42.6 Å². The minimum Gasteiger partial charge on any atom is -0.457 e. The smallest absolute Gasteiger partial charge is 0.412 e. The van der Waals surface area contributed by atoms with E-state index in [0.717, 1.165) is 30.9 Å². The monoisotopic (exact) mass is 659 g/mol. The van der Waals surface area contributed by atoms with Crippen LogP contribution in [-0.2, 0) is 19.9 Å². The van der Waals surface area contributed by atoms with Crippen LogP contribution in [0.2, 0.25) is 0 Å². The molecule has 11 nitrogen and oxygen atoms in total. The van der Waals surface area contributed by atoms with E-state index in [4.69, 9.17) is 13.9 Å². The van der Waals surface area contributed by atoms with Crippen molar-refractivity contribution in [3.63, 3.8) is 0 Å². The SMILES string of the molecule is CNC(=O)Oc1c(-c2ccc(Oc3ccc(F)cc3)cc2)oc2cc(N(CCCNCS(C)(=O)=O)S(C)(=O)=O)c(C3CC3)cc12. The molecule has 0 spiro atoms. The summed E-state index contributed by atoms with van der Waals surface area (Å²) in [5, 5.41) is 5.79. The Balaban J connectivity index is 1.52. The quantitative estimate of drug-likeness (QED) is 0.181. The number of halogens is 1. The maximum atomic E-state index is 13.3. The van der Waals surface area contributed by atoms with Gasteiger partial charge < -0.3 is 24.5 Å². The summed E-state index contributed by atoms with van der Waals surface area (Å²) >= 11 is 0. The van der Waals surface area contributed by atoms with Gasteiger partial charge in [0.15, 0.2) is 21.3 Å².